The molecule has 2 nitrogen and oxygen atoms in total. The van der Waals surface area contributed by atoms with Gasteiger partial charge in [-0.3, -0.25) is 4.79 Å². The Kier molecular flexibility index (Phi) is 4.50. The molecule has 0 radical (unpaired) electrons. The molecule has 1 saturated carbocycles. The van der Waals surface area contributed by atoms with Crippen LogP contribution in [-0.2, 0) is 4.79 Å². The summed E-state index contributed by atoms with van der Waals surface area (Å²) in [7, 11) is 0. The average Bonchev–Trinajstić information content (AvgIpc) is 2.17. The van der Waals surface area contributed by atoms with Crippen LogP contribution in [0.15, 0.2) is 0 Å². The molecule has 15 heavy (non-hydrogen) atoms. The van der Waals surface area contributed by atoms with Crippen LogP contribution in [0.25, 0.3) is 0 Å². The average molecular weight is 230 g/mol. The van der Waals surface area contributed by atoms with Crippen LogP contribution in [0.1, 0.15) is 52.9 Å². The van der Waals surface area contributed by atoms with Gasteiger partial charge < -0.3 is 5.11 Å². The monoisotopic (exact) mass is 230 g/mol. The molecule has 0 amide bonds. The highest BCUT2D eigenvalue weighted by molar-refractivity contribution is 8.01. The zero-order valence-electron chi connectivity index (χ0n) is 9.95. The maximum atomic E-state index is 11.4. The minimum Gasteiger partial charge on any atom is -0.480 e. The van der Waals surface area contributed by atoms with E-state index in [1.165, 1.54) is 6.42 Å². The van der Waals surface area contributed by atoms with Gasteiger partial charge in [-0.1, -0.05) is 27.2 Å². The summed E-state index contributed by atoms with van der Waals surface area (Å²) in [5.41, 5.74) is 0. The van der Waals surface area contributed by atoms with Gasteiger partial charge in [0.1, 0.15) is 4.75 Å². The number of aliphatic carboxylic acids is 1. The molecule has 1 aliphatic rings. The van der Waals surface area contributed by atoms with Crippen LogP contribution in [0.3, 0.4) is 0 Å². The Hall–Kier alpha value is -0.180. The molecule has 0 unspecified atom stereocenters. The molecule has 88 valence electrons. The van der Waals surface area contributed by atoms with Crippen LogP contribution in [0.4, 0.5) is 0 Å². The second-order valence-electron chi connectivity index (χ2n) is 4.82. The first-order valence-electron chi connectivity index (χ1n) is 5.91. The zero-order valence-corrected chi connectivity index (χ0v) is 10.8. The summed E-state index contributed by atoms with van der Waals surface area (Å²) in [4.78, 5) is 11.4. The molecule has 0 spiro atoms. The number of carboxylic acids is 1. The molecule has 0 aromatic rings. The number of thioether (sulfide) groups is 1. The van der Waals surface area contributed by atoms with Crippen molar-refractivity contribution in [1.82, 2.24) is 0 Å². The van der Waals surface area contributed by atoms with Crippen molar-refractivity contribution in [1.29, 1.82) is 0 Å². The molecule has 1 rings (SSSR count). The Bertz CT molecular complexity index is 218. The van der Waals surface area contributed by atoms with Crippen LogP contribution < -0.4 is 0 Å². The Morgan fingerprint density at radius 1 is 1.47 bits per heavy atom. The predicted molar refractivity (Wildman–Crippen MR) is 65.3 cm³/mol. The molecule has 1 fully saturated rings. The van der Waals surface area contributed by atoms with Gasteiger partial charge in [0.15, 0.2) is 0 Å². The molecule has 3 heteroatoms. The van der Waals surface area contributed by atoms with Crippen molar-refractivity contribution in [3.8, 4) is 0 Å². The number of hydrogen-bond donors (Lipinski definition) is 1. The number of rotatable bonds is 4. The molecule has 0 aromatic carbocycles. The lowest BCUT2D eigenvalue weighted by Crippen LogP contribution is -2.40. The molecule has 0 atom stereocenters. The third-order valence-corrected chi connectivity index (χ3v) is 4.85. The SMILES string of the molecule is CCC1CCC(SC(C)C)(C(=O)O)CC1. The fourth-order valence-electron chi connectivity index (χ4n) is 2.39. The van der Waals surface area contributed by atoms with Gasteiger partial charge in [0.05, 0.1) is 0 Å². The highest BCUT2D eigenvalue weighted by Gasteiger charge is 2.42. The Morgan fingerprint density at radius 3 is 2.33 bits per heavy atom. The molecule has 0 bridgehead atoms. The van der Waals surface area contributed by atoms with Crippen LogP contribution in [-0.4, -0.2) is 21.1 Å². The highest BCUT2D eigenvalue weighted by atomic mass is 32.2. The van der Waals surface area contributed by atoms with Crippen molar-refractivity contribution in [2.45, 2.75) is 62.9 Å². The van der Waals surface area contributed by atoms with Gasteiger partial charge >= 0.3 is 5.97 Å². The van der Waals surface area contributed by atoms with Crippen LogP contribution in [0.2, 0.25) is 0 Å². The first-order valence-corrected chi connectivity index (χ1v) is 6.79. The van der Waals surface area contributed by atoms with E-state index in [9.17, 15) is 9.90 Å². The largest absolute Gasteiger partial charge is 0.480 e. The first-order chi connectivity index (χ1) is 7.00. The maximum absolute atomic E-state index is 11.4. The fourth-order valence-corrected chi connectivity index (χ4v) is 3.86. The van der Waals surface area contributed by atoms with Gasteiger partial charge in [0.2, 0.25) is 0 Å². The van der Waals surface area contributed by atoms with E-state index in [0.29, 0.717) is 5.25 Å². The standard InChI is InChI=1S/C12H22O2S/c1-4-10-5-7-12(8-6-10,11(13)14)15-9(2)3/h9-10H,4-8H2,1-3H3,(H,13,14). The molecule has 1 N–H and O–H groups in total. The number of carboxylic acid groups (broad SMARTS) is 1. The maximum Gasteiger partial charge on any atom is 0.319 e. The van der Waals surface area contributed by atoms with Gasteiger partial charge in [-0.05, 0) is 31.6 Å². The lowest BCUT2D eigenvalue weighted by Gasteiger charge is -2.37. The van der Waals surface area contributed by atoms with E-state index >= 15 is 0 Å². The van der Waals surface area contributed by atoms with E-state index in [-0.39, 0.29) is 0 Å². The normalized spacial score (nSPS) is 31.9. The topological polar surface area (TPSA) is 37.3 Å². The van der Waals surface area contributed by atoms with Gasteiger partial charge in [0, 0.05) is 5.25 Å². The Balaban J connectivity index is 2.65. The molecular weight excluding hydrogens is 208 g/mol. The summed E-state index contributed by atoms with van der Waals surface area (Å²) >= 11 is 1.64. The lowest BCUT2D eigenvalue weighted by molar-refractivity contribution is -0.141. The van der Waals surface area contributed by atoms with Crippen molar-refractivity contribution in [2.75, 3.05) is 0 Å². The van der Waals surface area contributed by atoms with Crippen LogP contribution in [0, 0.1) is 5.92 Å². The van der Waals surface area contributed by atoms with Gasteiger partial charge in [-0.2, -0.15) is 0 Å². The third-order valence-electron chi connectivity index (χ3n) is 3.34. The molecular formula is C12H22O2S. The van der Waals surface area contributed by atoms with E-state index in [4.69, 9.17) is 0 Å². The summed E-state index contributed by atoms with van der Waals surface area (Å²) < 4.78 is -0.486. The summed E-state index contributed by atoms with van der Waals surface area (Å²) in [6.45, 7) is 6.37. The van der Waals surface area contributed by atoms with E-state index in [0.717, 1.165) is 31.6 Å². The zero-order chi connectivity index (χ0) is 11.5. The van der Waals surface area contributed by atoms with Crippen molar-refractivity contribution in [3.05, 3.63) is 0 Å². The molecule has 0 heterocycles. The lowest BCUT2D eigenvalue weighted by atomic mass is 9.80. The van der Waals surface area contributed by atoms with Gasteiger partial charge in [-0.15, -0.1) is 11.8 Å². The number of hydrogen-bond acceptors (Lipinski definition) is 2. The first kappa shape index (κ1) is 12.9. The van der Waals surface area contributed by atoms with Crippen molar-refractivity contribution < 1.29 is 9.90 Å². The summed E-state index contributed by atoms with van der Waals surface area (Å²) in [5, 5.41) is 9.78. The van der Waals surface area contributed by atoms with Crippen molar-refractivity contribution in [3.63, 3.8) is 0 Å². The second kappa shape index (κ2) is 5.24. The summed E-state index contributed by atoms with van der Waals surface area (Å²) in [5.74, 6) is 0.154. The van der Waals surface area contributed by atoms with Crippen molar-refractivity contribution in [2.24, 2.45) is 5.92 Å². The minimum atomic E-state index is -0.601. The molecule has 0 aromatic heterocycles. The summed E-state index contributed by atoms with van der Waals surface area (Å²) in [6.07, 6.45) is 5.07. The second-order valence-corrected chi connectivity index (χ2v) is 6.78. The third kappa shape index (κ3) is 3.13. The molecule has 1 aliphatic carbocycles. The van der Waals surface area contributed by atoms with Crippen molar-refractivity contribution >= 4 is 17.7 Å². The summed E-state index contributed by atoms with van der Waals surface area (Å²) in [6, 6.07) is 0. The fraction of sp³-hybridized carbons (Fsp3) is 0.917. The quantitative estimate of drug-likeness (QED) is 0.802. The minimum absolute atomic E-state index is 0.402. The van der Waals surface area contributed by atoms with Crippen LogP contribution in [0.5, 0.6) is 0 Å². The van der Waals surface area contributed by atoms with Gasteiger partial charge in [0.25, 0.3) is 0 Å². The van der Waals surface area contributed by atoms with E-state index in [1.807, 2.05) is 0 Å². The van der Waals surface area contributed by atoms with E-state index < -0.39 is 10.7 Å². The highest BCUT2D eigenvalue weighted by Crippen LogP contribution is 2.44. The smallest absolute Gasteiger partial charge is 0.319 e. The molecule has 0 aliphatic heterocycles. The van der Waals surface area contributed by atoms with Crippen LogP contribution >= 0.6 is 11.8 Å². The predicted octanol–water partition coefficient (Wildman–Crippen LogP) is 3.55. The molecule has 0 saturated heterocycles. The van der Waals surface area contributed by atoms with E-state index in [1.54, 1.807) is 11.8 Å². The van der Waals surface area contributed by atoms with Gasteiger partial charge in [-0.25, -0.2) is 0 Å². The Morgan fingerprint density at radius 2 is 2.00 bits per heavy atom. The van der Waals surface area contributed by atoms with E-state index in [2.05, 4.69) is 20.8 Å². The number of carbonyl (C=O) groups is 1. The Labute approximate surface area is 96.8 Å².